The van der Waals surface area contributed by atoms with Crippen LogP contribution in [0.1, 0.15) is 32.9 Å². The van der Waals surface area contributed by atoms with Gasteiger partial charge in [0.25, 0.3) is 5.91 Å². The topological polar surface area (TPSA) is 63.5 Å². The molecule has 0 N–H and O–H groups in total. The second-order valence-electron chi connectivity index (χ2n) is 8.20. The van der Waals surface area contributed by atoms with E-state index in [2.05, 4.69) is 63.7 Å². The molecular formula is C24H27N5O2. The van der Waals surface area contributed by atoms with Gasteiger partial charge < -0.3 is 9.64 Å². The Kier molecular flexibility index (Phi) is 5.53. The first-order valence-corrected chi connectivity index (χ1v) is 10.9. The van der Waals surface area contributed by atoms with Crippen molar-refractivity contribution in [2.45, 2.75) is 26.4 Å². The molecule has 0 saturated carbocycles. The highest BCUT2D eigenvalue weighted by Gasteiger charge is 2.26. The molecule has 1 saturated heterocycles. The number of aromatic nitrogens is 3. The first-order valence-electron chi connectivity index (χ1n) is 10.9. The first kappa shape index (κ1) is 19.9. The third-order valence-corrected chi connectivity index (χ3v) is 6.19. The second kappa shape index (κ2) is 8.61. The van der Waals surface area contributed by atoms with Crippen molar-refractivity contribution in [2.24, 2.45) is 0 Å². The Balaban J connectivity index is 1.38. The third-order valence-electron chi connectivity index (χ3n) is 6.19. The number of carbonyl (C=O) groups excluding carboxylic acids is 1. The van der Waals surface area contributed by atoms with Gasteiger partial charge in [0.05, 0.1) is 24.6 Å². The number of fused-ring (bicyclic) bond motifs is 1. The largest absolute Gasteiger partial charge is 0.378 e. The van der Waals surface area contributed by atoms with Gasteiger partial charge in [0.2, 0.25) is 0 Å². The molecule has 31 heavy (non-hydrogen) atoms. The average Bonchev–Trinajstić information content (AvgIpc) is 3.20. The van der Waals surface area contributed by atoms with Crippen LogP contribution in [-0.4, -0.2) is 63.5 Å². The minimum Gasteiger partial charge on any atom is -0.378 e. The van der Waals surface area contributed by atoms with Gasteiger partial charge >= 0.3 is 0 Å². The summed E-state index contributed by atoms with van der Waals surface area (Å²) >= 11 is 0. The van der Waals surface area contributed by atoms with Crippen LogP contribution in [0, 0.1) is 6.92 Å². The minimum atomic E-state index is -0.0640. The number of ether oxygens (including phenoxy) is 1. The molecule has 0 spiro atoms. The van der Waals surface area contributed by atoms with Crippen LogP contribution >= 0.6 is 0 Å². The van der Waals surface area contributed by atoms with Crippen LogP contribution in [-0.2, 0) is 24.2 Å². The van der Waals surface area contributed by atoms with E-state index in [4.69, 9.17) is 4.74 Å². The number of amides is 1. The molecule has 0 unspecified atom stereocenters. The molecule has 160 valence electrons. The summed E-state index contributed by atoms with van der Waals surface area (Å²) in [5.74, 6) is -0.0640. The zero-order chi connectivity index (χ0) is 21.2. The smallest absolute Gasteiger partial charge is 0.276 e. The summed E-state index contributed by atoms with van der Waals surface area (Å²) in [5.41, 5.74) is 6.20. The van der Waals surface area contributed by atoms with Crippen LogP contribution in [0.5, 0.6) is 0 Å². The van der Waals surface area contributed by atoms with Gasteiger partial charge in [0.15, 0.2) is 5.69 Å². The zero-order valence-electron chi connectivity index (χ0n) is 17.8. The number of carbonyl (C=O) groups is 1. The van der Waals surface area contributed by atoms with E-state index in [1.807, 2.05) is 11.6 Å². The van der Waals surface area contributed by atoms with E-state index in [0.29, 0.717) is 32.0 Å². The van der Waals surface area contributed by atoms with E-state index in [-0.39, 0.29) is 5.91 Å². The van der Waals surface area contributed by atoms with E-state index in [0.717, 1.165) is 37.4 Å². The summed E-state index contributed by atoms with van der Waals surface area (Å²) in [6.07, 6.45) is 0.949. The highest BCUT2D eigenvalue weighted by atomic mass is 16.5. The van der Waals surface area contributed by atoms with E-state index in [1.165, 1.54) is 16.7 Å². The summed E-state index contributed by atoms with van der Waals surface area (Å²) in [6, 6.07) is 16.9. The van der Waals surface area contributed by atoms with Crippen LogP contribution in [0.15, 0.2) is 48.5 Å². The van der Waals surface area contributed by atoms with Crippen molar-refractivity contribution in [3.05, 3.63) is 76.6 Å². The third kappa shape index (κ3) is 3.98. The number of rotatable bonds is 4. The lowest BCUT2D eigenvalue weighted by molar-refractivity contribution is 0.0298. The highest BCUT2D eigenvalue weighted by Crippen LogP contribution is 2.27. The lowest BCUT2D eigenvalue weighted by atomic mass is 9.97. The maximum absolute atomic E-state index is 12.9. The van der Waals surface area contributed by atoms with Gasteiger partial charge in [-0.1, -0.05) is 47.7 Å². The monoisotopic (exact) mass is 417 g/mol. The molecule has 1 aromatic heterocycles. The number of hydrogen-bond acceptors (Lipinski definition) is 5. The molecule has 3 heterocycles. The summed E-state index contributed by atoms with van der Waals surface area (Å²) in [7, 11) is 0. The minimum absolute atomic E-state index is 0.0640. The van der Waals surface area contributed by atoms with Crippen molar-refractivity contribution in [2.75, 3.05) is 32.8 Å². The lowest BCUT2D eigenvalue weighted by Crippen LogP contribution is -2.41. The van der Waals surface area contributed by atoms with Crippen molar-refractivity contribution in [1.82, 2.24) is 24.8 Å². The van der Waals surface area contributed by atoms with Crippen LogP contribution in [0.3, 0.4) is 0 Å². The molecule has 0 aliphatic carbocycles. The zero-order valence-corrected chi connectivity index (χ0v) is 17.8. The molecule has 7 nitrogen and oxygen atoms in total. The summed E-state index contributed by atoms with van der Waals surface area (Å²) in [6.45, 7) is 7.13. The van der Waals surface area contributed by atoms with Crippen molar-refractivity contribution < 1.29 is 9.53 Å². The van der Waals surface area contributed by atoms with Crippen molar-refractivity contribution in [3.63, 3.8) is 0 Å². The predicted molar refractivity (Wildman–Crippen MR) is 117 cm³/mol. The Bertz CT molecular complexity index is 1070. The maximum atomic E-state index is 12.9. The molecule has 5 rings (SSSR count). The highest BCUT2D eigenvalue weighted by molar-refractivity contribution is 5.93. The number of morpholine rings is 1. The van der Waals surface area contributed by atoms with Gasteiger partial charge in [-0.3, -0.25) is 9.69 Å². The summed E-state index contributed by atoms with van der Waals surface area (Å²) in [5, 5.41) is 8.63. The Morgan fingerprint density at radius 1 is 1.03 bits per heavy atom. The van der Waals surface area contributed by atoms with E-state index >= 15 is 0 Å². The molecule has 3 aromatic rings. The van der Waals surface area contributed by atoms with Crippen molar-refractivity contribution >= 4 is 5.91 Å². The fraction of sp³-hybridized carbons (Fsp3) is 0.375. The van der Waals surface area contributed by atoms with E-state index < -0.39 is 0 Å². The second-order valence-corrected chi connectivity index (χ2v) is 8.20. The molecule has 1 amide bonds. The van der Waals surface area contributed by atoms with E-state index in [1.54, 1.807) is 4.90 Å². The average molecular weight is 418 g/mol. The standard InChI is InChI=1S/C24H27N5O2/c1-18-23(24(30)28-12-14-31-15-13-28)25-26-29(18)22-9-5-8-20-17-27(11-10-21(20)22)16-19-6-3-2-4-7-19/h2-9H,10-17H2,1H3. The predicted octanol–water partition coefficient (Wildman–Crippen LogP) is 2.61. The molecular weight excluding hydrogens is 390 g/mol. The number of hydrogen-bond donors (Lipinski definition) is 0. The molecule has 0 radical (unpaired) electrons. The number of nitrogens with zero attached hydrogens (tertiary/aromatic N) is 5. The molecule has 1 fully saturated rings. The van der Waals surface area contributed by atoms with Gasteiger partial charge in [0, 0.05) is 32.7 Å². The Morgan fingerprint density at radius 2 is 1.84 bits per heavy atom. The van der Waals surface area contributed by atoms with Crippen LogP contribution in [0.2, 0.25) is 0 Å². The maximum Gasteiger partial charge on any atom is 0.276 e. The quantitative estimate of drug-likeness (QED) is 0.653. The van der Waals surface area contributed by atoms with Crippen molar-refractivity contribution in [1.29, 1.82) is 0 Å². The molecule has 0 bridgehead atoms. The molecule has 7 heteroatoms. The van der Waals surface area contributed by atoms with Gasteiger partial charge in [0.1, 0.15) is 0 Å². The fourth-order valence-corrected chi connectivity index (χ4v) is 4.49. The molecule has 2 aliphatic rings. The number of benzene rings is 2. The molecule has 2 aliphatic heterocycles. The van der Waals surface area contributed by atoms with Crippen LogP contribution in [0.25, 0.3) is 5.69 Å². The van der Waals surface area contributed by atoms with Gasteiger partial charge in [-0.25, -0.2) is 4.68 Å². The van der Waals surface area contributed by atoms with E-state index in [9.17, 15) is 4.79 Å². The van der Waals surface area contributed by atoms with Gasteiger partial charge in [-0.2, -0.15) is 0 Å². The van der Waals surface area contributed by atoms with Gasteiger partial charge in [-0.15, -0.1) is 5.10 Å². The Hall–Kier alpha value is -3.03. The molecule has 0 atom stereocenters. The molecule has 2 aromatic carbocycles. The first-order chi connectivity index (χ1) is 15.2. The Morgan fingerprint density at radius 3 is 2.65 bits per heavy atom. The summed E-state index contributed by atoms with van der Waals surface area (Å²) < 4.78 is 7.19. The van der Waals surface area contributed by atoms with Crippen molar-refractivity contribution in [3.8, 4) is 5.69 Å². The fourth-order valence-electron chi connectivity index (χ4n) is 4.49. The van der Waals surface area contributed by atoms with Crippen LogP contribution < -0.4 is 0 Å². The Labute approximate surface area is 182 Å². The van der Waals surface area contributed by atoms with Gasteiger partial charge in [-0.05, 0) is 36.1 Å². The normalized spacial score (nSPS) is 16.9. The summed E-state index contributed by atoms with van der Waals surface area (Å²) in [4.78, 5) is 17.2. The van der Waals surface area contributed by atoms with Crippen LogP contribution in [0.4, 0.5) is 0 Å². The SMILES string of the molecule is Cc1c(C(=O)N2CCOCC2)nnn1-c1cccc2c1CCN(Cc1ccccc1)C2. The lowest BCUT2D eigenvalue weighted by Gasteiger charge is -2.30.